The fourth-order valence-corrected chi connectivity index (χ4v) is 4.79. The minimum absolute atomic E-state index is 0.0500. The van der Waals surface area contributed by atoms with Crippen molar-refractivity contribution in [2.75, 3.05) is 13.1 Å². The molecular weight excluding hydrogens is 344 g/mol. The van der Waals surface area contributed by atoms with E-state index in [1.54, 1.807) is 23.7 Å². The van der Waals surface area contributed by atoms with Gasteiger partial charge in [-0.05, 0) is 50.8 Å². The lowest BCUT2D eigenvalue weighted by Crippen LogP contribution is -2.62. The number of carbonyl (C=O) groups is 1. The summed E-state index contributed by atoms with van der Waals surface area (Å²) >= 11 is 0. The lowest BCUT2D eigenvalue weighted by molar-refractivity contribution is -0.155. The molecule has 3 saturated heterocycles. The highest BCUT2D eigenvalue weighted by Crippen LogP contribution is 2.40. The topological polar surface area (TPSA) is 91.5 Å². The van der Waals surface area contributed by atoms with Gasteiger partial charge in [0.2, 0.25) is 0 Å². The summed E-state index contributed by atoms with van der Waals surface area (Å²) in [5, 5.41) is 26.1. The molecule has 144 valence electrons. The predicted molar refractivity (Wildman–Crippen MR) is 99.2 cm³/mol. The molecule has 27 heavy (non-hydrogen) atoms. The van der Waals surface area contributed by atoms with Gasteiger partial charge in [0.25, 0.3) is 0 Å². The van der Waals surface area contributed by atoms with Gasteiger partial charge in [-0.3, -0.25) is 9.69 Å². The SMILES string of the molecule is Cc1ncnn1C[C@](C(=O)O)(c1ccccc1)[C@@H](O)C1CC2CCN1CC2. The van der Waals surface area contributed by atoms with Gasteiger partial charge in [-0.15, -0.1) is 0 Å². The zero-order valence-electron chi connectivity index (χ0n) is 15.5. The van der Waals surface area contributed by atoms with Gasteiger partial charge in [-0.1, -0.05) is 30.3 Å². The molecule has 3 aliphatic rings. The van der Waals surface area contributed by atoms with Gasteiger partial charge in [-0.25, -0.2) is 9.67 Å². The van der Waals surface area contributed by atoms with Gasteiger partial charge in [0, 0.05) is 6.04 Å². The molecule has 7 nitrogen and oxygen atoms in total. The van der Waals surface area contributed by atoms with Crippen molar-refractivity contribution in [3.63, 3.8) is 0 Å². The Morgan fingerprint density at radius 2 is 2.00 bits per heavy atom. The largest absolute Gasteiger partial charge is 0.480 e. The van der Waals surface area contributed by atoms with E-state index in [4.69, 9.17) is 0 Å². The number of aliphatic hydroxyl groups is 1. The van der Waals surface area contributed by atoms with Crippen molar-refractivity contribution < 1.29 is 15.0 Å². The molecule has 0 amide bonds. The number of aliphatic hydroxyl groups excluding tert-OH is 1. The molecule has 1 aromatic heterocycles. The maximum absolute atomic E-state index is 12.7. The van der Waals surface area contributed by atoms with Gasteiger partial charge in [0.1, 0.15) is 17.6 Å². The minimum atomic E-state index is -1.48. The second kappa shape index (κ2) is 7.05. The molecule has 1 aromatic carbocycles. The van der Waals surface area contributed by atoms with E-state index in [-0.39, 0.29) is 12.6 Å². The number of hydrogen-bond acceptors (Lipinski definition) is 5. The van der Waals surface area contributed by atoms with Crippen molar-refractivity contribution in [1.82, 2.24) is 19.7 Å². The van der Waals surface area contributed by atoms with E-state index in [1.807, 2.05) is 18.2 Å². The Labute approximate surface area is 158 Å². The fourth-order valence-electron chi connectivity index (χ4n) is 4.79. The van der Waals surface area contributed by atoms with E-state index in [0.29, 0.717) is 17.3 Å². The Bertz CT molecular complexity index is 801. The summed E-state index contributed by atoms with van der Waals surface area (Å²) in [6.07, 6.45) is 3.50. The summed E-state index contributed by atoms with van der Waals surface area (Å²) in [6, 6.07) is 8.93. The summed E-state index contributed by atoms with van der Waals surface area (Å²) in [6.45, 7) is 3.70. The van der Waals surface area contributed by atoms with Crippen LogP contribution in [0.4, 0.5) is 0 Å². The number of aryl methyl sites for hydroxylation is 1. The molecule has 4 heterocycles. The molecule has 3 fully saturated rings. The summed E-state index contributed by atoms with van der Waals surface area (Å²) < 4.78 is 1.58. The van der Waals surface area contributed by atoms with Crippen LogP contribution < -0.4 is 0 Å². The first kappa shape index (κ1) is 18.1. The summed E-state index contributed by atoms with van der Waals surface area (Å²) in [7, 11) is 0. The van der Waals surface area contributed by atoms with Crippen molar-refractivity contribution in [1.29, 1.82) is 0 Å². The van der Waals surface area contributed by atoms with Crippen molar-refractivity contribution >= 4 is 5.97 Å². The number of aliphatic carboxylic acids is 1. The van der Waals surface area contributed by atoms with Crippen LogP contribution in [0.25, 0.3) is 0 Å². The van der Waals surface area contributed by atoms with Crippen molar-refractivity contribution in [2.45, 2.75) is 50.3 Å². The molecule has 0 radical (unpaired) electrons. The Kier molecular flexibility index (Phi) is 4.74. The van der Waals surface area contributed by atoms with Crippen LogP contribution in [0.5, 0.6) is 0 Å². The van der Waals surface area contributed by atoms with Crippen molar-refractivity contribution in [2.24, 2.45) is 5.92 Å². The van der Waals surface area contributed by atoms with E-state index < -0.39 is 17.5 Å². The van der Waals surface area contributed by atoms with E-state index in [2.05, 4.69) is 15.0 Å². The van der Waals surface area contributed by atoms with E-state index in [0.717, 1.165) is 32.4 Å². The zero-order valence-corrected chi connectivity index (χ0v) is 15.5. The molecule has 2 N–H and O–H groups in total. The molecular formula is C20H26N4O3. The molecule has 0 saturated carbocycles. The molecule has 2 bridgehead atoms. The highest BCUT2D eigenvalue weighted by Gasteiger charge is 2.53. The van der Waals surface area contributed by atoms with Gasteiger partial charge in [0.15, 0.2) is 0 Å². The predicted octanol–water partition coefficient (Wildman–Crippen LogP) is 1.45. The average molecular weight is 370 g/mol. The summed E-state index contributed by atoms with van der Waals surface area (Å²) in [4.78, 5) is 19.1. The monoisotopic (exact) mass is 370 g/mol. The molecule has 3 aliphatic heterocycles. The molecule has 2 aromatic rings. The van der Waals surface area contributed by atoms with Crippen LogP contribution in [0.3, 0.4) is 0 Å². The van der Waals surface area contributed by atoms with Crippen LogP contribution in [0, 0.1) is 12.8 Å². The number of rotatable bonds is 6. The normalized spacial score (nSPS) is 27.9. The summed E-state index contributed by atoms with van der Waals surface area (Å²) in [5.74, 6) is 0.179. The maximum atomic E-state index is 12.7. The molecule has 0 aliphatic carbocycles. The number of fused-ring (bicyclic) bond motifs is 3. The number of aromatic nitrogens is 3. The van der Waals surface area contributed by atoms with Gasteiger partial charge < -0.3 is 10.2 Å². The highest BCUT2D eigenvalue weighted by molar-refractivity contribution is 5.82. The highest BCUT2D eigenvalue weighted by atomic mass is 16.4. The molecule has 1 unspecified atom stereocenters. The van der Waals surface area contributed by atoms with Crippen molar-refractivity contribution in [3.05, 3.63) is 48.0 Å². The smallest absolute Gasteiger partial charge is 0.318 e. The number of carboxylic acids is 1. The number of nitrogens with zero attached hydrogens (tertiary/aromatic N) is 4. The zero-order chi connectivity index (χ0) is 19.0. The Hall–Kier alpha value is -2.25. The third-order valence-corrected chi connectivity index (χ3v) is 6.44. The third-order valence-electron chi connectivity index (χ3n) is 6.44. The minimum Gasteiger partial charge on any atom is -0.480 e. The number of carboxylic acid groups (broad SMARTS) is 1. The van der Waals surface area contributed by atoms with Crippen LogP contribution in [0.2, 0.25) is 0 Å². The van der Waals surface area contributed by atoms with Crippen LogP contribution in [0.1, 0.15) is 30.7 Å². The summed E-state index contributed by atoms with van der Waals surface area (Å²) in [5.41, 5.74) is -0.885. The quantitative estimate of drug-likeness (QED) is 0.800. The van der Waals surface area contributed by atoms with Gasteiger partial charge >= 0.3 is 5.97 Å². The fraction of sp³-hybridized carbons (Fsp3) is 0.550. The van der Waals surface area contributed by atoms with E-state index in [9.17, 15) is 15.0 Å². The van der Waals surface area contributed by atoms with Gasteiger partial charge in [-0.2, -0.15) is 5.10 Å². The third kappa shape index (κ3) is 3.04. The first-order valence-electron chi connectivity index (χ1n) is 9.58. The van der Waals surface area contributed by atoms with Crippen molar-refractivity contribution in [3.8, 4) is 0 Å². The maximum Gasteiger partial charge on any atom is 0.318 e. The van der Waals surface area contributed by atoms with E-state index >= 15 is 0 Å². The lowest BCUT2D eigenvalue weighted by atomic mass is 9.68. The van der Waals surface area contributed by atoms with E-state index in [1.165, 1.54) is 6.33 Å². The Morgan fingerprint density at radius 1 is 1.30 bits per heavy atom. The molecule has 3 atom stereocenters. The Morgan fingerprint density at radius 3 is 2.52 bits per heavy atom. The second-order valence-electron chi connectivity index (χ2n) is 7.83. The number of benzene rings is 1. The van der Waals surface area contributed by atoms with Gasteiger partial charge in [0.05, 0.1) is 12.6 Å². The lowest BCUT2D eigenvalue weighted by Gasteiger charge is -2.50. The first-order valence-corrected chi connectivity index (χ1v) is 9.58. The second-order valence-corrected chi connectivity index (χ2v) is 7.83. The van der Waals surface area contributed by atoms with Crippen LogP contribution in [-0.2, 0) is 16.8 Å². The van der Waals surface area contributed by atoms with Crippen LogP contribution >= 0.6 is 0 Å². The average Bonchev–Trinajstić information content (AvgIpc) is 3.11. The standard InChI is InChI=1S/C20H26N4O3/c1-14-21-13-22-24(14)12-20(19(26)27,16-5-3-2-4-6-16)18(25)17-11-15-7-9-23(17)10-8-15/h2-6,13,15,17-18,25H,7-12H2,1H3,(H,26,27)/t17?,18-,20-/m0/s1. The Balaban J connectivity index is 1.79. The molecule has 5 rings (SSSR count). The molecule has 0 spiro atoms. The number of piperidine rings is 3. The molecule has 7 heteroatoms. The number of hydrogen-bond donors (Lipinski definition) is 2. The van der Waals surface area contributed by atoms with Crippen LogP contribution in [-0.4, -0.2) is 61.1 Å². The van der Waals surface area contributed by atoms with Crippen LogP contribution in [0.15, 0.2) is 36.7 Å². The first-order chi connectivity index (χ1) is 13.0.